The molecule has 0 bridgehead atoms. The fourth-order valence-corrected chi connectivity index (χ4v) is 2.45. The Labute approximate surface area is 112 Å². The number of aliphatic hydroxyl groups excluding tert-OH is 1. The van der Waals surface area contributed by atoms with E-state index in [1.54, 1.807) is 4.90 Å². The van der Waals surface area contributed by atoms with Gasteiger partial charge in [0.1, 0.15) is 0 Å². The van der Waals surface area contributed by atoms with Gasteiger partial charge < -0.3 is 25.0 Å². The zero-order chi connectivity index (χ0) is 13.8. The summed E-state index contributed by atoms with van der Waals surface area (Å²) >= 11 is 0. The second-order valence-corrected chi connectivity index (χ2v) is 5.00. The molecule has 2 aliphatic heterocycles. The summed E-state index contributed by atoms with van der Waals surface area (Å²) in [4.78, 5) is 27.3. The summed E-state index contributed by atoms with van der Waals surface area (Å²) in [6, 6.07) is 0. The van der Waals surface area contributed by atoms with Crippen LogP contribution in [0.5, 0.6) is 0 Å². The average molecular weight is 271 g/mol. The number of morpholine rings is 1. The molecule has 0 aromatic rings. The number of carbonyl (C=O) groups is 2. The SMILES string of the molecule is CC1CN(C(=O)C(=O)N2CCNCC2)CC(CO)O1. The molecule has 2 saturated heterocycles. The van der Waals surface area contributed by atoms with Gasteiger partial charge >= 0.3 is 11.8 Å². The molecule has 108 valence electrons. The lowest BCUT2D eigenvalue weighted by molar-refractivity contribution is -0.160. The molecule has 2 unspecified atom stereocenters. The van der Waals surface area contributed by atoms with E-state index in [1.807, 2.05) is 6.92 Å². The van der Waals surface area contributed by atoms with E-state index in [-0.39, 0.29) is 19.3 Å². The molecule has 2 heterocycles. The standard InChI is InChI=1S/C12H21N3O4/c1-9-6-15(7-10(8-16)19-9)12(18)11(17)14-4-2-13-3-5-14/h9-10,13,16H,2-8H2,1H3. The molecule has 19 heavy (non-hydrogen) atoms. The van der Waals surface area contributed by atoms with Gasteiger partial charge in [0.2, 0.25) is 0 Å². The minimum absolute atomic E-state index is 0.143. The summed E-state index contributed by atoms with van der Waals surface area (Å²) in [6.07, 6.45) is -0.561. The Kier molecular flexibility index (Phi) is 4.73. The van der Waals surface area contributed by atoms with Crippen molar-refractivity contribution >= 4 is 11.8 Å². The lowest BCUT2D eigenvalue weighted by atomic mass is 10.2. The third-order valence-corrected chi connectivity index (χ3v) is 3.40. The van der Waals surface area contributed by atoms with E-state index in [0.29, 0.717) is 19.6 Å². The molecule has 2 fully saturated rings. The molecule has 0 aliphatic carbocycles. The van der Waals surface area contributed by atoms with Gasteiger partial charge in [-0.2, -0.15) is 0 Å². The number of amides is 2. The first-order valence-corrected chi connectivity index (χ1v) is 6.67. The van der Waals surface area contributed by atoms with Crippen LogP contribution in [0.4, 0.5) is 0 Å². The summed E-state index contributed by atoms with van der Waals surface area (Å²) in [5.41, 5.74) is 0. The highest BCUT2D eigenvalue weighted by molar-refractivity contribution is 6.34. The van der Waals surface area contributed by atoms with Gasteiger partial charge in [-0.1, -0.05) is 0 Å². The Morgan fingerprint density at radius 3 is 2.47 bits per heavy atom. The van der Waals surface area contributed by atoms with Crippen molar-refractivity contribution < 1.29 is 19.4 Å². The molecule has 0 spiro atoms. The van der Waals surface area contributed by atoms with Crippen LogP contribution in [0.1, 0.15) is 6.92 Å². The number of nitrogens with one attached hydrogen (secondary N) is 1. The van der Waals surface area contributed by atoms with Crippen molar-refractivity contribution in [1.82, 2.24) is 15.1 Å². The van der Waals surface area contributed by atoms with Gasteiger partial charge in [-0.15, -0.1) is 0 Å². The Hall–Kier alpha value is -1.18. The summed E-state index contributed by atoms with van der Waals surface area (Å²) in [6.45, 7) is 4.93. The number of aliphatic hydroxyl groups is 1. The highest BCUT2D eigenvalue weighted by Crippen LogP contribution is 2.12. The highest BCUT2D eigenvalue weighted by Gasteiger charge is 2.33. The fourth-order valence-electron chi connectivity index (χ4n) is 2.45. The fraction of sp³-hybridized carbons (Fsp3) is 0.833. The van der Waals surface area contributed by atoms with Gasteiger partial charge in [0.05, 0.1) is 18.8 Å². The minimum Gasteiger partial charge on any atom is -0.394 e. The molecule has 0 radical (unpaired) electrons. The molecule has 0 aromatic carbocycles. The van der Waals surface area contributed by atoms with Crippen LogP contribution in [0.2, 0.25) is 0 Å². The zero-order valence-corrected chi connectivity index (χ0v) is 11.2. The van der Waals surface area contributed by atoms with E-state index in [9.17, 15) is 9.59 Å². The van der Waals surface area contributed by atoms with Crippen LogP contribution in [-0.2, 0) is 14.3 Å². The number of rotatable bonds is 1. The maximum absolute atomic E-state index is 12.2. The third-order valence-electron chi connectivity index (χ3n) is 3.40. The van der Waals surface area contributed by atoms with Gasteiger partial charge in [-0.05, 0) is 6.92 Å². The summed E-state index contributed by atoms with van der Waals surface area (Å²) in [5.74, 6) is -0.942. The molecule has 2 amide bonds. The molecule has 7 heteroatoms. The second-order valence-electron chi connectivity index (χ2n) is 5.00. The van der Waals surface area contributed by atoms with Crippen LogP contribution in [0.15, 0.2) is 0 Å². The zero-order valence-electron chi connectivity index (χ0n) is 11.2. The van der Waals surface area contributed by atoms with Crippen LogP contribution < -0.4 is 5.32 Å². The van der Waals surface area contributed by atoms with E-state index in [0.717, 1.165) is 13.1 Å². The van der Waals surface area contributed by atoms with Gasteiger partial charge in [0.15, 0.2) is 0 Å². The van der Waals surface area contributed by atoms with E-state index >= 15 is 0 Å². The predicted octanol–water partition coefficient (Wildman–Crippen LogP) is -1.97. The molecule has 2 atom stereocenters. The second kappa shape index (κ2) is 6.31. The summed E-state index contributed by atoms with van der Waals surface area (Å²) < 4.78 is 5.46. The molecule has 0 aromatic heterocycles. The summed E-state index contributed by atoms with van der Waals surface area (Å²) in [7, 11) is 0. The molecular formula is C12H21N3O4. The lowest BCUT2D eigenvalue weighted by Crippen LogP contribution is -2.56. The van der Waals surface area contributed by atoms with Crippen molar-refractivity contribution in [3.63, 3.8) is 0 Å². The predicted molar refractivity (Wildman–Crippen MR) is 67.5 cm³/mol. The van der Waals surface area contributed by atoms with Crippen LogP contribution in [-0.4, -0.2) is 84.8 Å². The number of hydrogen-bond donors (Lipinski definition) is 2. The van der Waals surface area contributed by atoms with Crippen molar-refractivity contribution in [1.29, 1.82) is 0 Å². The Balaban J connectivity index is 1.95. The molecule has 2 N–H and O–H groups in total. The Morgan fingerprint density at radius 1 is 1.21 bits per heavy atom. The van der Waals surface area contributed by atoms with Crippen molar-refractivity contribution in [2.45, 2.75) is 19.1 Å². The van der Waals surface area contributed by atoms with E-state index in [4.69, 9.17) is 9.84 Å². The minimum atomic E-state index is -0.490. The Bertz CT molecular complexity index is 344. The van der Waals surface area contributed by atoms with Crippen LogP contribution in [0, 0.1) is 0 Å². The first-order valence-electron chi connectivity index (χ1n) is 6.67. The normalized spacial score (nSPS) is 28.3. The molecular weight excluding hydrogens is 250 g/mol. The van der Waals surface area contributed by atoms with E-state index < -0.39 is 17.9 Å². The van der Waals surface area contributed by atoms with Gasteiger partial charge in [-0.25, -0.2) is 0 Å². The van der Waals surface area contributed by atoms with Crippen LogP contribution in [0.3, 0.4) is 0 Å². The number of piperazine rings is 1. The van der Waals surface area contributed by atoms with Crippen molar-refractivity contribution in [2.75, 3.05) is 45.9 Å². The molecule has 2 aliphatic rings. The van der Waals surface area contributed by atoms with E-state index in [2.05, 4.69) is 5.32 Å². The maximum atomic E-state index is 12.2. The first-order chi connectivity index (χ1) is 9.11. The van der Waals surface area contributed by atoms with Crippen molar-refractivity contribution in [3.8, 4) is 0 Å². The molecule has 7 nitrogen and oxygen atoms in total. The largest absolute Gasteiger partial charge is 0.394 e. The highest BCUT2D eigenvalue weighted by atomic mass is 16.5. The summed E-state index contributed by atoms with van der Waals surface area (Å²) in [5, 5.41) is 12.3. The quantitative estimate of drug-likeness (QED) is 0.541. The van der Waals surface area contributed by atoms with Crippen LogP contribution >= 0.6 is 0 Å². The molecule has 0 saturated carbocycles. The number of nitrogens with zero attached hydrogens (tertiary/aromatic N) is 2. The molecule has 2 rings (SSSR count). The monoisotopic (exact) mass is 271 g/mol. The Morgan fingerprint density at radius 2 is 1.84 bits per heavy atom. The van der Waals surface area contributed by atoms with Crippen molar-refractivity contribution in [3.05, 3.63) is 0 Å². The van der Waals surface area contributed by atoms with Crippen molar-refractivity contribution in [2.24, 2.45) is 0 Å². The van der Waals surface area contributed by atoms with Crippen LogP contribution in [0.25, 0.3) is 0 Å². The van der Waals surface area contributed by atoms with Gasteiger partial charge in [-0.3, -0.25) is 9.59 Å². The van der Waals surface area contributed by atoms with E-state index in [1.165, 1.54) is 4.90 Å². The third kappa shape index (κ3) is 3.43. The number of hydrogen-bond acceptors (Lipinski definition) is 5. The number of ether oxygens (including phenoxy) is 1. The maximum Gasteiger partial charge on any atom is 0.312 e. The average Bonchev–Trinajstić information content (AvgIpc) is 2.46. The first kappa shape index (κ1) is 14.2. The number of carbonyl (C=O) groups excluding carboxylic acids is 2. The van der Waals surface area contributed by atoms with Gasteiger partial charge in [0.25, 0.3) is 0 Å². The lowest BCUT2D eigenvalue weighted by Gasteiger charge is -2.37. The topological polar surface area (TPSA) is 82.1 Å². The van der Waals surface area contributed by atoms with Gasteiger partial charge in [0, 0.05) is 39.3 Å². The smallest absolute Gasteiger partial charge is 0.312 e.